The summed E-state index contributed by atoms with van der Waals surface area (Å²) in [5.41, 5.74) is 6.26. The predicted molar refractivity (Wildman–Crippen MR) is 130 cm³/mol. The molecule has 32 heavy (non-hydrogen) atoms. The third kappa shape index (κ3) is 6.23. The molecule has 3 aromatic rings. The van der Waals surface area contributed by atoms with E-state index in [2.05, 4.69) is 22.5 Å². The standard InChI is InChI=1S/C27H27N3O2/c1-19-15-20(2)26(21(3)16-19)29-25(31)18-30(4)27(32)28-24-12-8-11-23(17-24)14-13-22-9-6-5-7-10-22/h5-12,15-17H,18H2,1-4H3,(H,28,32)(H,29,31). The lowest BCUT2D eigenvalue weighted by atomic mass is 10.1. The van der Waals surface area contributed by atoms with Crippen LogP contribution < -0.4 is 10.6 Å². The Bertz CT molecular complexity index is 1170. The number of urea groups is 1. The van der Waals surface area contributed by atoms with Crippen LogP contribution in [0, 0.1) is 32.6 Å². The van der Waals surface area contributed by atoms with Gasteiger partial charge in [0, 0.05) is 29.5 Å². The molecule has 0 aliphatic rings. The fourth-order valence-corrected chi connectivity index (χ4v) is 3.40. The van der Waals surface area contributed by atoms with Gasteiger partial charge in [0.05, 0.1) is 0 Å². The van der Waals surface area contributed by atoms with Gasteiger partial charge in [0.2, 0.25) is 5.91 Å². The highest BCUT2D eigenvalue weighted by molar-refractivity contribution is 5.97. The van der Waals surface area contributed by atoms with Crippen molar-refractivity contribution in [1.82, 2.24) is 4.90 Å². The second-order valence-corrected chi connectivity index (χ2v) is 7.80. The number of hydrogen-bond acceptors (Lipinski definition) is 2. The number of aryl methyl sites for hydroxylation is 3. The van der Waals surface area contributed by atoms with Gasteiger partial charge in [-0.05, 0) is 62.2 Å². The lowest BCUT2D eigenvalue weighted by molar-refractivity contribution is -0.116. The van der Waals surface area contributed by atoms with Gasteiger partial charge >= 0.3 is 6.03 Å². The summed E-state index contributed by atoms with van der Waals surface area (Å²) in [6.07, 6.45) is 0. The molecule has 0 aliphatic heterocycles. The molecule has 5 heteroatoms. The van der Waals surface area contributed by atoms with Crippen molar-refractivity contribution in [2.75, 3.05) is 24.2 Å². The van der Waals surface area contributed by atoms with Crippen molar-refractivity contribution in [2.45, 2.75) is 20.8 Å². The van der Waals surface area contributed by atoms with Crippen LogP contribution in [0.5, 0.6) is 0 Å². The first-order valence-electron chi connectivity index (χ1n) is 10.4. The fourth-order valence-electron chi connectivity index (χ4n) is 3.40. The van der Waals surface area contributed by atoms with Crippen LogP contribution in [-0.2, 0) is 4.79 Å². The Labute approximate surface area is 189 Å². The molecule has 3 amide bonds. The number of nitrogens with one attached hydrogen (secondary N) is 2. The molecule has 0 aromatic heterocycles. The average molecular weight is 426 g/mol. The third-order valence-electron chi connectivity index (χ3n) is 4.91. The van der Waals surface area contributed by atoms with Crippen LogP contribution in [0.2, 0.25) is 0 Å². The number of amides is 3. The largest absolute Gasteiger partial charge is 0.324 e. The van der Waals surface area contributed by atoms with Gasteiger partial charge in [0.25, 0.3) is 0 Å². The predicted octanol–water partition coefficient (Wildman–Crippen LogP) is 5.11. The molecule has 0 fully saturated rings. The van der Waals surface area contributed by atoms with Crippen molar-refractivity contribution in [2.24, 2.45) is 0 Å². The molecule has 162 valence electrons. The summed E-state index contributed by atoms with van der Waals surface area (Å²) in [4.78, 5) is 26.4. The number of carbonyl (C=O) groups is 2. The van der Waals surface area contributed by atoms with Gasteiger partial charge in [0.15, 0.2) is 0 Å². The van der Waals surface area contributed by atoms with Crippen molar-refractivity contribution in [1.29, 1.82) is 0 Å². The molecule has 5 nitrogen and oxygen atoms in total. The Morgan fingerprint density at radius 1 is 0.812 bits per heavy atom. The van der Waals surface area contributed by atoms with Crippen LogP contribution in [0.4, 0.5) is 16.2 Å². The minimum Gasteiger partial charge on any atom is -0.324 e. The van der Waals surface area contributed by atoms with E-state index in [4.69, 9.17) is 0 Å². The topological polar surface area (TPSA) is 61.4 Å². The van der Waals surface area contributed by atoms with E-state index in [-0.39, 0.29) is 18.5 Å². The Balaban J connectivity index is 1.60. The molecule has 3 aromatic carbocycles. The Hall–Kier alpha value is -4.04. The molecular formula is C27H27N3O2. The maximum Gasteiger partial charge on any atom is 0.322 e. The second kappa shape index (κ2) is 10.3. The second-order valence-electron chi connectivity index (χ2n) is 7.80. The van der Waals surface area contributed by atoms with E-state index >= 15 is 0 Å². The highest BCUT2D eigenvalue weighted by atomic mass is 16.2. The minimum absolute atomic E-state index is 0.0634. The lowest BCUT2D eigenvalue weighted by Crippen LogP contribution is -2.37. The van der Waals surface area contributed by atoms with Crippen molar-refractivity contribution >= 4 is 23.3 Å². The average Bonchev–Trinajstić information content (AvgIpc) is 2.75. The first kappa shape index (κ1) is 22.6. The smallest absolute Gasteiger partial charge is 0.322 e. The molecule has 0 radical (unpaired) electrons. The van der Waals surface area contributed by atoms with Crippen LogP contribution in [-0.4, -0.2) is 30.4 Å². The highest BCUT2D eigenvalue weighted by Crippen LogP contribution is 2.21. The van der Waals surface area contributed by atoms with Crippen LogP contribution in [0.1, 0.15) is 27.8 Å². The van der Waals surface area contributed by atoms with Crippen molar-refractivity contribution in [3.63, 3.8) is 0 Å². The maximum absolute atomic E-state index is 12.6. The number of anilines is 2. The summed E-state index contributed by atoms with van der Waals surface area (Å²) in [7, 11) is 1.59. The van der Waals surface area contributed by atoms with E-state index < -0.39 is 0 Å². The zero-order chi connectivity index (χ0) is 23.1. The zero-order valence-corrected chi connectivity index (χ0v) is 18.8. The molecule has 0 aliphatic carbocycles. The first-order valence-corrected chi connectivity index (χ1v) is 10.4. The Morgan fingerprint density at radius 2 is 1.44 bits per heavy atom. The molecule has 2 N–H and O–H groups in total. The summed E-state index contributed by atoms with van der Waals surface area (Å²) in [5.74, 6) is 5.95. The van der Waals surface area contributed by atoms with Gasteiger partial charge in [-0.15, -0.1) is 0 Å². The summed E-state index contributed by atoms with van der Waals surface area (Å²) >= 11 is 0. The normalized spacial score (nSPS) is 10.0. The van der Waals surface area contributed by atoms with Crippen LogP contribution >= 0.6 is 0 Å². The van der Waals surface area contributed by atoms with Gasteiger partial charge < -0.3 is 15.5 Å². The van der Waals surface area contributed by atoms with Crippen molar-refractivity contribution in [3.05, 3.63) is 94.5 Å². The monoisotopic (exact) mass is 425 g/mol. The summed E-state index contributed by atoms with van der Waals surface area (Å²) in [6.45, 7) is 5.87. The first-order chi connectivity index (χ1) is 15.3. The number of nitrogens with zero attached hydrogens (tertiary/aromatic N) is 1. The van der Waals surface area contributed by atoms with Gasteiger partial charge in [-0.25, -0.2) is 4.79 Å². The number of carbonyl (C=O) groups excluding carboxylic acids is 2. The highest BCUT2D eigenvalue weighted by Gasteiger charge is 2.15. The van der Waals surface area contributed by atoms with Crippen LogP contribution in [0.15, 0.2) is 66.7 Å². The molecule has 0 heterocycles. The Kier molecular flexibility index (Phi) is 7.30. The molecular weight excluding hydrogens is 398 g/mol. The molecule has 0 unspecified atom stereocenters. The van der Waals surface area contributed by atoms with Gasteiger partial charge in [0.1, 0.15) is 6.54 Å². The maximum atomic E-state index is 12.6. The van der Waals surface area contributed by atoms with Crippen LogP contribution in [0.25, 0.3) is 0 Å². The number of likely N-dealkylation sites (N-methyl/N-ethyl adjacent to an activating group) is 1. The van der Waals surface area contributed by atoms with Crippen LogP contribution in [0.3, 0.4) is 0 Å². The van der Waals surface area contributed by atoms with Gasteiger partial charge in [-0.3, -0.25) is 4.79 Å². The third-order valence-corrected chi connectivity index (χ3v) is 4.91. The number of benzene rings is 3. The van der Waals surface area contributed by atoms with E-state index in [1.54, 1.807) is 19.2 Å². The molecule has 3 rings (SSSR count). The quantitative estimate of drug-likeness (QED) is 0.571. The van der Waals surface area contributed by atoms with Crippen molar-refractivity contribution < 1.29 is 9.59 Å². The lowest BCUT2D eigenvalue weighted by Gasteiger charge is -2.19. The SMILES string of the molecule is Cc1cc(C)c(NC(=O)CN(C)C(=O)Nc2cccc(C#Cc3ccccc3)c2)c(C)c1. The van der Waals surface area contributed by atoms with Gasteiger partial charge in [-0.2, -0.15) is 0 Å². The fraction of sp³-hybridized carbons (Fsp3) is 0.185. The molecule has 0 spiro atoms. The summed E-state index contributed by atoms with van der Waals surface area (Å²) in [5, 5.41) is 5.74. The molecule has 0 saturated heterocycles. The summed E-state index contributed by atoms with van der Waals surface area (Å²) < 4.78 is 0. The number of rotatable bonds is 4. The molecule has 0 saturated carbocycles. The van der Waals surface area contributed by atoms with E-state index in [1.165, 1.54) is 4.90 Å². The van der Waals surface area contributed by atoms with E-state index in [1.807, 2.05) is 75.4 Å². The molecule has 0 atom stereocenters. The van der Waals surface area contributed by atoms with Gasteiger partial charge in [-0.1, -0.05) is 53.8 Å². The zero-order valence-electron chi connectivity index (χ0n) is 18.8. The molecule has 0 bridgehead atoms. The van der Waals surface area contributed by atoms with E-state index in [0.29, 0.717) is 5.69 Å². The number of hydrogen-bond donors (Lipinski definition) is 2. The minimum atomic E-state index is -0.370. The van der Waals surface area contributed by atoms with E-state index in [9.17, 15) is 9.59 Å². The summed E-state index contributed by atoms with van der Waals surface area (Å²) in [6, 6.07) is 20.7. The Morgan fingerprint density at radius 3 is 2.12 bits per heavy atom. The van der Waals surface area contributed by atoms with Crippen molar-refractivity contribution in [3.8, 4) is 11.8 Å². The van der Waals surface area contributed by atoms with E-state index in [0.717, 1.165) is 33.5 Å².